The molecular formula is C33H44N8O3. The molecule has 11 nitrogen and oxygen atoms in total. The van der Waals surface area contributed by atoms with E-state index in [1.165, 1.54) is 31.6 Å². The van der Waals surface area contributed by atoms with Crippen LogP contribution in [0.5, 0.6) is 5.75 Å². The summed E-state index contributed by atoms with van der Waals surface area (Å²) in [5.74, 6) is 0.852. The number of nitrogens with one attached hydrogen (secondary N) is 2. The molecule has 3 saturated heterocycles. The van der Waals surface area contributed by atoms with Crippen molar-refractivity contribution in [2.24, 2.45) is 5.73 Å². The predicted octanol–water partition coefficient (Wildman–Crippen LogP) is 3.80. The Kier molecular flexibility index (Phi) is 9.44. The quantitative estimate of drug-likeness (QED) is 0.334. The van der Waals surface area contributed by atoms with Crippen molar-refractivity contribution in [1.82, 2.24) is 19.8 Å². The fraction of sp³-hybridized carbons (Fsp3) is 0.485. The average molecular weight is 601 g/mol. The third kappa shape index (κ3) is 6.90. The van der Waals surface area contributed by atoms with Gasteiger partial charge in [0.15, 0.2) is 17.3 Å². The monoisotopic (exact) mass is 600 g/mol. The number of carbonyl (C=O) groups excluding carboxylic acids is 1. The Morgan fingerprint density at radius 1 is 0.909 bits per heavy atom. The largest absolute Gasteiger partial charge is 0.496 e. The van der Waals surface area contributed by atoms with E-state index >= 15 is 0 Å². The first-order chi connectivity index (χ1) is 21.5. The first kappa shape index (κ1) is 30.1. The first-order valence-corrected chi connectivity index (χ1v) is 15.7. The maximum atomic E-state index is 12.7. The Bertz CT molecular complexity index is 1410. The lowest BCUT2D eigenvalue weighted by Crippen LogP contribution is -2.52. The normalized spacial score (nSPS) is 19.1. The maximum Gasteiger partial charge on any atom is 0.271 e. The second kappa shape index (κ2) is 13.8. The van der Waals surface area contributed by atoms with Gasteiger partial charge in [0.2, 0.25) is 0 Å². The molecular weight excluding hydrogens is 556 g/mol. The van der Waals surface area contributed by atoms with Crippen molar-refractivity contribution >= 4 is 28.9 Å². The van der Waals surface area contributed by atoms with E-state index in [9.17, 15) is 4.79 Å². The number of hydrogen-bond donors (Lipinski definition) is 3. The van der Waals surface area contributed by atoms with Crippen molar-refractivity contribution in [2.45, 2.75) is 37.8 Å². The second-order valence-electron chi connectivity index (χ2n) is 11.9. The molecule has 3 fully saturated rings. The zero-order valence-electron chi connectivity index (χ0n) is 25.8. The minimum Gasteiger partial charge on any atom is -0.496 e. The third-order valence-electron chi connectivity index (χ3n) is 9.07. The average Bonchev–Trinajstić information content (AvgIpc) is 3.06. The number of hydrogen-bond acceptors (Lipinski definition) is 10. The van der Waals surface area contributed by atoms with Crippen LogP contribution in [-0.4, -0.2) is 104 Å². The number of likely N-dealkylation sites (N-methyl/N-ethyl adjacent to an activating group) is 1. The Hall–Kier alpha value is -3.93. The SMILES string of the molecule is COc1ccccc1-c1nc(C(N)=O)c(Nc2ccc(N3CCC(N4CCN(C)CC4)CC3)cc2)nc1NC1CCOCC1. The van der Waals surface area contributed by atoms with Gasteiger partial charge in [-0.15, -0.1) is 0 Å². The fourth-order valence-corrected chi connectivity index (χ4v) is 6.43. The molecule has 234 valence electrons. The van der Waals surface area contributed by atoms with Gasteiger partial charge in [-0.3, -0.25) is 9.69 Å². The number of anilines is 4. The maximum absolute atomic E-state index is 12.7. The van der Waals surface area contributed by atoms with Crippen molar-refractivity contribution in [1.29, 1.82) is 0 Å². The Morgan fingerprint density at radius 2 is 1.61 bits per heavy atom. The van der Waals surface area contributed by atoms with E-state index in [2.05, 4.69) is 44.5 Å². The number of aromatic nitrogens is 2. The summed E-state index contributed by atoms with van der Waals surface area (Å²) in [6.07, 6.45) is 4.06. The molecule has 0 radical (unpaired) electrons. The summed E-state index contributed by atoms with van der Waals surface area (Å²) in [4.78, 5) is 29.9. The van der Waals surface area contributed by atoms with Gasteiger partial charge in [-0.05, 0) is 69.1 Å². The van der Waals surface area contributed by atoms with Crippen LogP contribution in [0.15, 0.2) is 48.5 Å². The van der Waals surface area contributed by atoms with E-state index in [-0.39, 0.29) is 11.7 Å². The van der Waals surface area contributed by atoms with Gasteiger partial charge >= 0.3 is 0 Å². The van der Waals surface area contributed by atoms with E-state index < -0.39 is 5.91 Å². The van der Waals surface area contributed by atoms with Gasteiger partial charge in [-0.1, -0.05) is 12.1 Å². The zero-order chi connectivity index (χ0) is 30.5. The second-order valence-corrected chi connectivity index (χ2v) is 11.9. The standard InChI is InChI=1S/C33H44N8O3/c1-39-17-19-41(20-18-39)26-11-15-40(16-12-26)25-9-7-23(8-10-25)35-33-30(31(34)42)37-29(27-5-3-4-6-28(27)43-2)32(38-33)36-24-13-21-44-22-14-24/h3-10,24,26H,11-22H2,1-2H3,(H2,34,42)(H2,35,36,38). The predicted molar refractivity (Wildman–Crippen MR) is 174 cm³/mol. The first-order valence-electron chi connectivity index (χ1n) is 15.7. The Labute approximate surface area is 259 Å². The summed E-state index contributed by atoms with van der Waals surface area (Å²) >= 11 is 0. The summed E-state index contributed by atoms with van der Waals surface area (Å²) in [5, 5.41) is 6.88. The molecule has 3 aromatic rings. The topological polar surface area (TPSA) is 121 Å². The molecule has 0 saturated carbocycles. The van der Waals surface area contributed by atoms with Crippen LogP contribution in [0.4, 0.5) is 23.0 Å². The number of rotatable bonds is 9. The molecule has 0 spiro atoms. The van der Waals surface area contributed by atoms with Crippen molar-refractivity contribution < 1.29 is 14.3 Å². The highest BCUT2D eigenvalue weighted by Gasteiger charge is 2.27. The fourth-order valence-electron chi connectivity index (χ4n) is 6.43. The number of nitrogens with two attached hydrogens (primary N) is 1. The molecule has 4 heterocycles. The summed E-state index contributed by atoms with van der Waals surface area (Å²) < 4.78 is 11.2. The van der Waals surface area contributed by atoms with Gasteiger partial charge in [-0.2, -0.15) is 0 Å². The van der Waals surface area contributed by atoms with Gasteiger partial charge in [-0.25, -0.2) is 9.97 Å². The minimum absolute atomic E-state index is 0.0680. The van der Waals surface area contributed by atoms with Crippen LogP contribution < -0.4 is 26.0 Å². The lowest BCUT2D eigenvalue weighted by atomic mass is 10.0. The molecule has 3 aliphatic rings. The number of amides is 1. The van der Waals surface area contributed by atoms with Gasteiger partial charge in [0, 0.05) is 81.5 Å². The minimum atomic E-state index is -0.659. The Balaban J connectivity index is 1.21. The highest BCUT2D eigenvalue weighted by molar-refractivity contribution is 5.98. The Morgan fingerprint density at radius 3 is 2.30 bits per heavy atom. The van der Waals surface area contributed by atoms with E-state index in [0.29, 0.717) is 42.3 Å². The number of piperidine rings is 1. The number of para-hydroxylation sites is 1. The molecule has 0 bridgehead atoms. The van der Waals surface area contributed by atoms with Crippen LogP contribution in [0, 0.1) is 0 Å². The van der Waals surface area contributed by atoms with Crippen LogP contribution in [0.3, 0.4) is 0 Å². The highest BCUT2D eigenvalue weighted by Crippen LogP contribution is 2.36. The molecule has 1 aromatic heterocycles. The van der Waals surface area contributed by atoms with E-state index in [1.807, 2.05) is 36.4 Å². The number of benzene rings is 2. The summed E-state index contributed by atoms with van der Waals surface area (Å²) in [6, 6.07) is 16.7. The molecule has 3 aliphatic heterocycles. The van der Waals surface area contributed by atoms with Crippen molar-refractivity contribution in [3.63, 3.8) is 0 Å². The highest BCUT2D eigenvalue weighted by atomic mass is 16.5. The number of nitrogens with zero attached hydrogens (tertiary/aromatic N) is 5. The van der Waals surface area contributed by atoms with Crippen LogP contribution in [0.25, 0.3) is 11.3 Å². The van der Waals surface area contributed by atoms with Crippen LogP contribution >= 0.6 is 0 Å². The van der Waals surface area contributed by atoms with Crippen LogP contribution in [0.1, 0.15) is 36.2 Å². The van der Waals surface area contributed by atoms with Gasteiger partial charge in [0.1, 0.15) is 11.4 Å². The van der Waals surface area contributed by atoms with Crippen LogP contribution in [0.2, 0.25) is 0 Å². The molecule has 0 aliphatic carbocycles. The molecule has 6 rings (SSSR count). The number of methoxy groups -OCH3 is 1. The molecule has 1 amide bonds. The zero-order valence-corrected chi connectivity index (χ0v) is 25.8. The van der Waals surface area contributed by atoms with Crippen LogP contribution in [-0.2, 0) is 4.74 Å². The van der Waals surface area contributed by atoms with Crippen molar-refractivity contribution in [3.05, 3.63) is 54.2 Å². The molecule has 11 heteroatoms. The lowest BCUT2D eigenvalue weighted by Gasteiger charge is -2.42. The third-order valence-corrected chi connectivity index (χ3v) is 9.07. The smallest absolute Gasteiger partial charge is 0.271 e. The number of primary amides is 1. The van der Waals surface area contributed by atoms with Gasteiger partial charge in [0.05, 0.1) is 7.11 Å². The molecule has 0 unspecified atom stereocenters. The molecule has 4 N–H and O–H groups in total. The molecule has 2 aromatic carbocycles. The molecule has 44 heavy (non-hydrogen) atoms. The van der Waals surface area contributed by atoms with Gasteiger partial charge in [0.25, 0.3) is 5.91 Å². The summed E-state index contributed by atoms with van der Waals surface area (Å²) in [5.41, 5.74) is 9.17. The molecule has 0 atom stereocenters. The number of ether oxygens (including phenoxy) is 2. The van der Waals surface area contributed by atoms with E-state index in [1.54, 1.807) is 7.11 Å². The van der Waals surface area contributed by atoms with Gasteiger partial charge < -0.3 is 35.6 Å². The number of carbonyl (C=O) groups is 1. The van der Waals surface area contributed by atoms with E-state index in [0.717, 1.165) is 50.3 Å². The summed E-state index contributed by atoms with van der Waals surface area (Å²) in [6.45, 7) is 8.12. The van der Waals surface area contributed by atoms with Crippen molar-refractivity contribution in [3.8, 4) is 17.0 Å². The van der Waals surface area contributed by atoms with E-state index in [4.69, 9.17) is 25.2 Å². The summed E-state index contributed by atoms with van der Waals surface area (Å²) in [7, 11) is 3.82. The number of piperazine rings is 1. The lowest BCUT2D eigenvalue weighted by molar-refractivity contribution is 0.0904. The van der Waals surface area contributed by atoms with Crippen molar-refractivity contribution in [2.75, 3.05) is 82.2 Å².